The molecule has 2 N–H and O–H groups in total. The topological polar surface area (TPSA) is 84.9 Å². The Hall–Kier alpha value is -4.94. The summed E-state index contributed by atoms with van der Waals surface area (Å²) in [5.41, 5.74) is 1.36. The lowest BCUT2D eigenvalue weighted by Gasteiger charge is -2.19. The average molecular weight is 574 g/mol. The van der Waals surface area contributed by atoms with Crippen LogP contribution in [0, 0.1) is 0 Å². The first kappa shape index (κ1) is 29.5. The molecule has 0 aliphatic rings. The molecule has 0 aromatic heterocycles. The Balaban J connectivity index is 0.000000194. The highest BCUT2D eigenvalue weighted by atomic mass is 16.6. The van der Waals surface area contributed by atoms with Gasteiger partial charge in [-0.05, 0) is 81.6 Å². The Kier molecular flexibility index (Phi) is 8.88. The third-order valence-electron chi connectivity index (χ3n) is 7.08. The van der Waals surface area contributed by atoms with Gasteiger partial charge in [0.05, 0.1) is 6.61 Å². The van der Waals surface area contributed by atoms with Gasteiger partial charge in [0.15, 0.2) is 0 Å². The molecular weight excluding hydrogens is 538 g/mol. The van der Waals surface area contributed by atoms with Crippen LogP contribution in [-0.2, 0) is 27.5 Å². The van der Waals surface area contributed by atoms with Crippen molar-refractivity contribution in [3.05, 3.63) is 120 Å². The standard InChI is InChI=1S/C22H23NO4.C15H12O/c1-22(2,3)27-21(25)23-13-20(24)26-14-19-17-10-6-4-8-15(17)12-16-9-5-7-11-18(16)19;16-10-15-13-7-3-1-5-11(13)9-12-6-2-4-8-14(12)15/h4-12H,13-14H2,1-3H3,(H,23,25);1-9,16H,10H2. The van der Waals surface area contributed by atoms with Gasteiger partial charge in [0.2, 0.25) is 0 Å². The first-order valence-corrected chi connectivity index (χ1v) is 14.3. The Bertz CT molecular complexity index is 1810. The Labute approximate surface area is 250 Å². The highest BCUT2D eigenvalue weighted by Crippen LogP contribution is 2.30. The second kappa shape index (κ2) is 12.9. The number of hydrogen-bond donors (Lipinski definition) is 2. The van der Waals surface area contributed by atoms with Gasteiger partial charge in [-0.15, -0.1) is 0 Å². The first-order chi connectivity index (χ1) is 20.7. The number of esters is 1. The number of rotatable bonds is 5. The van der Waals surface area contributed by atoms with Crippen LogP contribution in [0.2, 0.25) is 0 Å². The normalized spacial score (nSPS) is 11.3. The highest BCUT2D eigenvalue weighted by molar-refractivity contribution is 6.03. The highest BCUT2D eigenvalue weighted by Gasteiger charge is 2.17. The van der Waals surface area contributed by atoms with E-state index in [9.17, 15) is 14.7 Å². The molecule has 0 aliphatic carbocycles. The lowest BCUT2D eigenvalue weighted by atomic mass is 9.97. The summed E-state index contributed by atoms with van der Waals surface area (Å²) in [5, 5.41) is 20.9. The average Bonchev–Trinajstić information content (AvgIpc) is 3.00. The van der Waals surface area contributed by atoms with Crippen molar-refractivity contribution in [2.75, 3.05) is 6.54 Å². The van der Waals surface area contributed by atoms with Gasteiger partial charge in [-0.3, -0.25) is 4.79 Å². The van der Waals surface area contributed by atoms with Crippen molar-refractivity contribution in [2.45, 2.75) is 39.6 Å². The van der Waals surface area contributed by atoms with Crippen LogP contribution in [0.4, 0.5) is 4.79 Å². The monoisotopic (exact) mass is 573 g/mol. The molecule has 0 saturated carbocycles. The first-order valence-electron chi connectivity index (χ1n) is 14.3. The maximum absolute atomic E-state index is 12.1. The van der Waals surface area contributed by atoms with E-state index in [1.165, 1.54) is 10.8 Å². The predicted molar refractivity (Wildman–Crippen MR) is 173 cm³/mol. The van der Waals surface area contributed by atoms with Gasteiger partial charge in [0.25, 0.3) is 0 Å². The lowest BCUT2D eigenvalue weighted by Crippen LogP contribution is -2.36. The number of aliphatic hydroxyl groups excluding tert-OH is 1. The number of ether oxygens (including phenoxy) is 2. The maximum Gasteiger partial charge on any atom is 0.408 e. The Morgan fingerprint density at radius 1 is 0.651 bits per heavy atom. The van der Waals surface area contributed by atoms with Gasteiger partial charge in [-0.25, -0.2) is 4.79 Å². The number of aliphatic hydroxyl groups is 1. The van der Waals surface area contributed by atoms with E-state index in [2.05, 4.69) is 41.7 Å². The van der Waals surface area contributed by atoms with E-state index >= 15 is 0 Å². The number of fused-ring (bicyclic) bond motifs is 4. The third kappa shape index (κ3) is 7.11. The Morgan fingerprint density at radius 2 is 1.05 bits per heavy atom. The van der Waals surface area contributed by atoms with Crippen LogP contribution in [0.3, 0.4) is 0 Å². The molecule has 0 radical (unpaired) electrons. The smallest absolute Gasteiger partial charge is 0.408 e. The van der Waals surface area contributed by atoms with Crippen molar-refractivity contribution in [3.8, 4) is 0 Å². The van der Waals surface area contributed by atoms with Crippen molar-refractivity contribution in [1.82, 2.24) is 5.32 Å². The van der Waals surface area contributed by atoms with Gasteiger partial charge in [-0.2, -0.15) is 0 Å². The fourth-order valence-corrected chi connectivity index (χ4v) is 5.20. The quantitative estimate of drug-likeness (QED) is 0.161. The summed E-state index contributed by atoms with van der Waals surface area (Å²) in [4.78, 5) is 23.7. The van der Waals surface area contributed by atoms with E-state index in [4.69, 9.17) is 9.47 Å². The van der Waals surface area contributed by atoms with Crippen LogP contribution in [0.5, 0.6) is 0 Å². The summed E-state index contributed by atoms with van der Waals surface area (Å²) in [5.74, 6) is -0.516. The molecule has 218 valence electrons. The van der Waals surface area contributed by atoms with Crippen molar-refractivity contribution in [2.24, 2.45) is 0 Å². The molecule has 0 heterocycles. The molecule has 43 heavy (non-hydrogen) atoms. The van der Waals surface area contributed by atoms with Gasteiger partial charge >= 0.3 is 12.1 Å². The zero-order chi connectivity index (χ0) is 30.4. The van der Waals surface area contributed by atoms with E-state index in [1.54, 1.807) is 20.8 Å². The molecule has 0 atom stereocenters. The van der Waals surface area contributed by atoms with Gasteiger partial charge in [-0.1, -0.05) is 97.1 Å². The number of benzene rings is 6. The van der Waals surface area contributed by atoms with Crippen molar-refractivity contribution >= 4 is 55.2 Å². The molecule has 6 aromatic rings. The molecule has 1 amide bonds. The van der Waals surface area contributed by atoms with E-state index < -0.39 is 17.7 Å². The number of amides is 1. The lowest BCUT2D eigenvalue weighted by molar-refractivity contribution is -0.143. The van der Waals surface area contributed by atoms with Crippen molar-refractivity contribution in [3.63, 3.8) is 0 Å². The molecule has 0 bridgehead atoms. The van der Waals surface area contributed by atoms with Gasteiger partial charge in [0, 0.05) is 5.56 Å². The predicted octanol–water partition coefficient (Wildman–Crippen LogP) is 8.05. The molecule has 0 saturated heterocycles. The molecule has 6 heteroatoms. The van der Waals surface area contributed by atoms with Crippen LogP contribution in [0.25, 0.3) is 43.1 Å². The van der Waals surface area contributed by atoms with Crippen LogP contribution in [-0.4, -0.2) is 29.3 Å². The minimum absolute atomic E-state index is 0.0852. The van der Waals surface area contributed by atoms with Crippen LogP contribution < -0.4 is 5.32 Å². The SMILES string of the molecule is CC(C)(C)OC(=O)NCC(=O)OCc1c2ccccc2cc2ccccc12.OCc1c2ccccc2cc2ccccc12. The Morgan fingerprint density at radius 3 is 1.44 bits per heavy atom. The van der Waals surface area contributed by atoms with E-state index in [0.29, 0.717) is 0 Å². The van der Waals surface area contributed by atoms with Crippen molar-refractivity contribution < 1.29 is 24.2 Å². The molecule has 6 nitrogen and oxygen atoms in total. The summed E-state index contributed by atoms with van der Waals surface area (Å²) < 4.78 is 10.5. The van der Waals surface area contributed by atoms with Crippen LogP contribution >= 0.6 is 0 Å². The molecule has 0 fully saturated rings. The number of carbonyl (C=O) groups excluding carboxylic acids is 2. The number of alkyl carbamates (subject to hydrolysis) is 1. The number of carbonyl (C=O) groups is 2. The molecule has 0 spiro atoms. The zero-order valence-electron chi connectivity index (χ0n) is 24.6. The maximum atomic E-state index is 12.1. The second-order valence-electron chi connectivity index (χ2n) is 11.3. The zero-order valence-corrected chi connectivity index (χ0v) is 24.6. The number of hydrogen-bond acceptors (Lipinski definition) is 5. The molecular formula is C37H35NO5. The van der Waals surface area contributed by atoms with E-state index in [0.717, 1.165) is 43.4 Å². The third-order valence-corrected chi connectivity index (χ3v) is 7.08. The van der Waals surface area contributed by atoms with E-state index in [1.807, 2.05) is 72.8 Å². The van der Waals surface area contributed by atoms with Crippen molar-refractivity contribution in [1.29, 1.82) is 0 Å². The summed E-state index contributed by atoms with van der Waals surface area (Å²) in [6.07, 6.45) is -0.643. The van der Waals surface area contributed by atoms with Crippen LogP contribution in [0.15, 0.2) is 109 Å². The van der Waals surface area contributed by atoms with E-state index in [-0.39, 0.29) is 19.8 Å². The summed E-state index contributed by atoms with van der Waals surface area (Å²) in [6, 6.07) is 36.7. The summed E-state index contributed by atoms with van der Waals surface area (Å²) >= 11 is 0. The van der Waals surface area contributed by atoms with Gasteiger partial charge < -0.3 is 19.9 Å². The summed E-state index contributed by atoms with van der Waals surface area (Å²) in [7, 11) is 0. The fraction of sp³-hybridized carbons (Fsp3) is 0.189. The summed E-state index contributed by atoms with van der Waals surface area (Å²) in [6.45, 7) is 5.26. The fourth-order valence-electron chi connectivity index (χ4n) is 5.20. The largest absolute Gasteiger partial charge is 0.459 e. The van der Waals surface area contributed by atoms with Gasteiger partial charge in [0.1, 0.15) is 18.8 Å². The molecule has 0 unspecified atom stereocenters. The number of nitrogens with one attached hydrogen (secondary N) is 1. The minimum Gasteiger partial charge on any atom is -0.459 e. The second-order valence-corrected chi connectivity index (χ2v) is 11.3. The molecule has 6 aromatic carbocycles. The minimum atomic E-state index is -0.643. The molecule has 6 rings (SSSR count). The molecule has 0 aliphatic heterocycles. The van der Waals surface area contributed by atoms with Crippen LogP contribution in [0.1, 0.15) is 31.9 Å².